The molecule has 0 saturated heterocycles. The van der Waals surface area contributed by atoms with Gasteiger partial charge in [-0.1, -0.05) is 32.1 Å². The molecule has 1 aromatic rings. The predicted molar refractivity (Wildman–Crippen MR) is 90.3 cm³/mol. The molecular weight excluding hydrogens is 292 g/mol. The van der Waals surface area contributed by atoms with Gasteiger partial charge in [0.05, 0.1) is 25.3 Å². The average molecular weight is 318 g/mol. The molecule has 3 N–H and O–H groups in total. The minimum atomic E-state index is -0.573. The SMILES string of the molecule is CC(C)[C@H]1COC/C=C\COc2ccc(cc2)C[C@@H](N)C(=O)N1. The Kier molecular flexibility index (Phi) is 6.62. The van der Waals surface area contributed by atoms with E-state index in [2.05, 4.69) is 19.2 Å². The highest BCUT2D eigenvalue weighted by atomic mass is 16.5. The summed E-state index contributed by atoms with van der Waals surface area (Å²) >= 11 is 0. The number of carbonyl (C=O) groups excluding carboxylic acids is 1. The lowest BCUT2D eigenvalue weighted by Gasteiger charge is -2.24. The number of benzene rings is 1. The number of ether oxygens (including phenoxy) is 2. The standard InChI is InChI=1S/C18H26N2O3/c1-13(2)17-12-22-9-3-4-10-23-15-7-5-14(6-8-15)11-16(19)18(21)20-17/h3-8,13,16-17H,9-12,19H2,1-2H3,(H,20,21)/b4-3-/t16-,17-/m1/s1. The average Bonchev–Trinajstić information content (AvgIpc) is 2.53. The van der Waals surface area contributed by atoms with Crippen LogP contribution >= 0.6 is 0 Å². The minimum absolute atomic E-state index is 0.0477. The van der Waals surface area contributed by atoms with Gasteiger partial charge in [-0.15, -0.1) is 0 Å². The molecule has 0 unspecified atom stereocenters. The molecule has 1 amide bonds. The van der Waals surface area contributed by atoms with Crippen LogP contribution in [0.15, 0.2) is 36.4 Å². The zero-order chi connectivity index (χ0) is 16.7. The van der Waals surface area contributed by atoms with Gasteiger partial charge in [0.2, 0.25) is 5.91 Å². The second-order valence-corrected chi connectivity index (χ2v) is 6.13. The van der Waals surface area contributed by atoms with Crippen LogP contribution in [-0.2, 0) is 16.0 Å². The van der Waals surface area contributed by atoms with Crippen LogP contribution in [0.1, 0.15) is 19.4 Å². The summed E-state index contributed by atoms with van der Waals surface area (Å²) < 4.78 is 11.2. The Labute approximate surface area is 137 Å². The van der Waals surface area contributed by atoms with Crippen molar-refractivity contribution < 1.29 is 14.3 Å². The molecule has 2 atom stereocenters. The van der Waals surface area contributed by atoms with E-state index in [4.69, 9.17) is 15.2 Å². The van der Waals surface area contributed by atoms with Gasteiger partial charge in [-0.05, 0) is 36.1 Å². The number of rotatable bonds is 1. The van der Waals surface area contributed by atoms with Crippen molar-refractivity contribution in [2.45, 2.75) is 32.4 Å². The van der Waals surface area contributed by atoms with Crippen LogP contribution in [-0.4, -0.2) is 37.8 Å². The Morgan fingerprint density at radius 1 is 1.17 bits per heavy atom. The largest absolute Gasteiger partial charge is 0.490 e. The minimum Gasteiger partial charge on any atom is -0.490 e. The highest BCUT2D eigenvalue weighted by Gasteiger charge is 2.21. The van der Waals surface area contributed by atoms with Gasteiger partial charge in [0.15, 0.2) is 0 Å². The summed E-state index contributed by atoms with van der Waals surface area (Å²) in [6.07, 6.45) is 4.35. The molecular formula is C18H26N2O3. The third-order valence-electron chi connectivity index (χ3n) is 3.87. The number of hydrogen-bond donors (Lipinski definition) is 2. The Morgan fingerprint density at radius 3 is 2.57 bits per heavy atom. The maximum atomic E-state index is 12.3. The zero-order valence-electron chi connectivity index (χ0n) is 13.8. The molecule has 0 saturated carbocycles. The molecule has 0 fully saturated rings. The van der Waals surface area contributed by atoms with Crippen molar-refractivity contribution in [3.63, 3.8) is 0 Å². The van der Waals surface area contributed by atoms with E-state index in [0.717, 1.165) is 11.3 Å². The van der Waals surface area contributed by atoms with Gasteiger partial charge in [0, 0.05) is 0 Å². The van der Waals surface area contributed by atoms with Crippen molar-refractivity contribution in [1.82, 2.24) is 5.32 Å². The third kappa shape index (κ3) is 5.69. The topological polar surface area (TPSA) is 73.6 Å². The molecule has 2 aliphatic rings. The van der Waals surface area contributed by atoms with Crippen molar-refractivity contribution >= 4 is 5.91 Å². The van der Waals surface area contributed by atoms with Crippen LogP contribution in [0, 0.1) is 5.92 Å². The summed E-state index contributed by atoms with van der Waals surface area (Å²) in [5, 5.41) is 3.00. The molecule has 0 aliphatic carbocycles. The predicted octanol–water partition coefficient (Wildman–Crippen LogP) is 1.66. The molecule has 23 heavy (non-hydrogen) atoms. The first-order valence-corrected chi connectivity index (χ1v) is 8.06. The van der Waals surface area contributed by atoms with Gasteiger partial charge in [0.25, 0.3) is 0 Å². The Morgan fingerprint density at radius 2 is 1.87 bits per heavy atom. The van der Waals surface area contributed by atoms with Crippen LogP contribution < -0.4 is 15.8 Å². The van der Waals surface area contributed by atoms with Gasteiger partial charge >= 0.3 is 0 Å². The van der Waals surface area contributed by atoms with Crippen LogP contribution in [0.2, 0.25) is 0 Å². The highest BCUT2D eigenvalue weighted by molar-refractivity contribution is 5.82. The number of hydrogen-bond acceptors (Lipinski definition) is 4. The van der Waals surface area contributed by atoms with Crippen LogP contribution in [0.5, 0.6) is 5.75 Å². The third-order valence-corrected chi connectivity index (χ3v) is 3.87. The lowest BCUT2D eigenvalue weighted by Crippen LogP contribution is -2.49. The maximum Gasteiger partial charge on any atom is 0.237 e. The molecule has 0 aromatic heterocycles. The molecule has 0 spiro atoms. The van der Waals surface area contributed by atoms with Gasteiger partial charge in [0.1, 0.15) is 12.4 Å². The summed E-state index contributed by atoms with van der Waals surface area (Å²) in [6, 6.07) is 7.06. The Bertz CT molecular complexity index is 526. The lowest BCUT2D eigenvalue weighted by molar-refractivity contribution is -0.123. The first kappa shape index (κ1) is 17.5. The van der Waals surface area contributed by atoms with E-state index in [1.54, 1.807) is 0 Å². The fraction of sp³-hybridized carbons (Fsp3) is 0.500. The van der Waals surface area contributed by atoms with Crippen molar-refractivity contribution in [2.75, 3.05) is 19.8 Å². The molecule has 5 heteroatoms. The van der Waals surface area contributed by atoms with Gasteiger partial charge in [-0.2, -0.15) is 0 Å². The second kappa shape index (κ2) is 8.70. The molecule has 0 radical (unpaired) electrons. The number of nitrogens with two attached hydrogens (primary N) is 1. The second-order valence-electron chi connectivity index (χ2n) is 6.13. The van der Waals surface area contributed by atoms with Crippen molar-refractivity contribution in [3.8, 4) is 5.75 Å². The normalized spacial score (nSPS) is 25.0. The van der Waals surface area contributed by atoms with E-state index in [9.17, 15) is 4.79 Å². The van der Waals surface area contributed by atoms with Crippen molar-refractivity contribution in [3.05, 3.63) is 42.0 Å². The van der Waals surface area contributed by atoms with E-state index in [0.29, 0.717) is 26.2 Å². The molecule has 1 aromatic carbocycles. The molecule has 2 bridgehead atoms. The first-order chi connectivity index (χ1) is 11.1. The molecule has 3 rings (SSSR count). The van der Waals surface area contributed by atoms with E-state index in [1.165, 1.54) is 0 Å². The van der Waals surface area contributed by atoms with E-state index >= 15 is 0 Å². The number of carbonyl (C=O) groups is 1. The van der Waals surface area contributed by atoms with Gasteiger partial charge in [-0.25, -0.2) is 0 Å². The lowest BCUT2D eigenvalue weighted by atomic mass is 10.0. The molecule has 5 nitrogen and oxygen atoms in total. The zero-order valence-corrected chi connectivity index (χ0v) is 13.8. The molecule has 2 aliphatic heterocycles. The van der Waals surface area contributed by atoms with Crippen LogP contribution in [0.3, 0.4) is 0 Å². The number of fused-ring (bicyclic) bond motifs is 12. The Hall–Kier alpha value is -1.85. The number of amides is 1. The molecule has 2 heterocycles. The summed E-state index contributed by atoms with van der Waals surface area (Å²) in [7, 11) is 0. The summed E-state index contributed by atoms with van der Waals surface area (Å²) in [5.74, 6) is 0.927. The highest BCUT2D eigenvalue weighted by Crippen LogP contribution is 2.14. The van der Waals surface area contributed by atoms with Gasteiger partial charge in [-0.3, -0.25) is 4.79 Å². The van der Waals surface area contributed by atoms with Crippen LogP contribution in [0.4, 0.5) is 0 Å². The first-order valence-electron chi connectivity index (χ1n) is 8.06. The smallest absolute Gasteiger partial charge is 0.237 e. The Balaban J connectivity index is 2.11. The van der Waals surface area contributed by atoms with Crippen molar-refractivity contribution in [1.29, 1.82) is 0 Å². The van der Waals surface area contributed by atoms with E-state index < -0.39 is 6.04 Å². The van der Waals surface area contributed by atoms with Crippen LogP contribution in [0.25, 0.3) is 0 Å². The monoisotopic (exact) mass is 318 g/mol. The van der Waals surface area contributed by atoms with Gasteiger partial charge < -0.3 is 20.5 Å². The van der Waals surface area contributed by atoms with Crippen molar-refractivity contribution in [2.24, 2.45) is 11.7 Å². The fourth-order valence-corrected chi connectivity index (χ4v) is 2.30. The number of nitrogens with one attached hydrogen (secondary N) is 1. The maximum absolute atomic E-state index is 12.3. The molecule has 126 valence electrons. The quantitative estimate of drug-likeness (QED) is 0.773. The summed E-state index contributed by atoms with van der Waals surface area (Å²) in [4.78, 5) is 12.3. The summed E-state index contributed by atoms with van der Waals surface area (Å²) in [6.45, 7) is 5.58. The fourth-order valence-electron chi connectivity index (χ4n) is 2.30. The van der Waals surface area contributed by atoms with E-state index in [1.807, 2.05) is 36.4 Å². The van der Waals surface area contributed by atoms with E-state index in [-0.39, 0.29) is 17.9 Å². The summed E-state index contributed by atoms with van der Waals surface area (Å²) in [5.41, 5.74) is 7.05.